The number of primary amides is 1. The average molecular weight is 335 g/mol. The van der Waals surface area contributed by atoms with Gasteiger partial charge in [-0.05, 0) is 5.56 Å². The minimum Gasteiger partial charge on any atom is -0.368 e. The number of carbonyl (C=O) groups is 2. The Morgan fingerprint density at radius 2 is 1.68 bits per heavy atom. The van der Waals surface area contributed by atoms with Crippen LogP contribution in [0.4, 0.5) is 0 Å². The van der Waals surface area contributed by atoms with Crippen molar-refractivity contribution in [3.8, 4) is 11.3 Å². The third-order valence-corrected chi connectivity index (χ3v) is 3.73. The molecule has 0 saturated heterocycles. The molecular weight excluding hydrogens is 318 g/mol. The van der Waals surface area contributed by atoms with Gasteiger partial charge in [0.1, 0.15) is 6.04 Å². The lowest BCUT2D eigenvalue weighted by atomic mass is 10.1. The van der Waals surface area contributed by atoms with Crippen molar-refractivity contribution in [2.24, 2.45) is 5.73 Å². The summed E-state index contributed by atoms with van der Waals surface area (Å²) in [6.07, 6.45) is 0.311. The number of nitrogens with two attached hydrogens (primary N) is 1. The minimum atomic E-state index is -0.827. The first-order chi connectivity index (χ1) is 12.1. The van der Waals surface area contributed by atoms with E-state index in [1.165, 1.54) is 6.07 Å². The number of nitrogens with one attached hydrogen (secondary N) is 1. The molecular formula is C19H17N3O3. The molecule has 3 aromatic rings. The van der Waals surface area contributed by atoms with Crippen LogP contribution in [-0.4, -0.2) is 23.0 Å². The van der Waals surface area contributed by atoms with Crippen molar-refractivity contribution in [1.82, 2.24) is 10.5 Å². The van der Waals surface area contributed by atoms with E-state index in [2.05, 4.69) is 10.5 Å². The Kier molecular flexibility index (Phi) is 4.89. The van der Waals surface area contributed by atoms with Crippen LogP contribution in [0.25, 0.3) is 11.3 Å². The monoisotopic (exact) mass is 335 g/mol. The maximum absolute atomic E-state index is 12.4. The quantitative estimate of drug-likeness (QED) is 0.721. The molecule has 2 aromatic carbocycles. The summed E-state index contributed by atoms with van der Waals surface area (Å²) in [5.74, 6) is -0.640. The van der Waals surface area contributed by atoms with E-state index in [0.29, 0.717) is 12.2 Å². The van der Waals surface area contributed by atoms with Crippen LogP contribution in [-0.2, 0) is 11.2 Å². The van der Waals surface area contributed by atoms with E-state index >= 15 is 0 Å². The molecule has 1 heterocycles. The van der Waals surface area contributed by atoms with E-state index in [1.807, 2.05) is 60.7 Å². The highest BCUT2D eigenvalue weighted by molar-refractivity contribution is 5.96. The molecule has 0 aliphatic heterocycles. The number of benzene rings is 2. The second-order valence-corrected chi connectivity index (χ2v) is 5.56. The van der Waals surface area contributed by atoms with Gasteiger partial charge in [-0.15, -0.1) is 0 Å². The number of nitrogens with zero attached hydrogens (tertiary/aromatic N) is 1. The molecule has 0 radical (unpaired) electrons. The van der Waals surface area contributed by atoms with Gasteiger partial charge in [-0.2, -0.15) is 0 Å². The summed E-state index contributed by atoms with van der Waals surface area (Å²) in [4.78, 5) is 24.0. The van der Waals surface area contributed by atoms with Crippen LogP contribution >= 0.6 is 0 Å². The Balaban J connectivity index is 1.72. The lowest BCUT2D eigenvalue weighted by Crippen LogP contribution is -2.45. The molecule has 0 aliphatic carbocycles. The first kappa shape index (κ1) is 16.4. The van der Waals surface area contributed by atoms with Gasteiger partial charge in [0, 0.05) is 18.1 Å². The average Bonchev–Trinajstić information content (AvgIpc) is 3.13. The normalized spacial score (nSPS) is 11.7. The highest BCUT2D eigenvalue weighted by atomic mass is 16.5. The molecule has 1 atom stereocenters. The summed E-state index contributed by atoms with van der Waals surface area (Å²) in [5.41, 5.74) is 7.21. The SMILES string of the molecule is NC(=O)C(Cc1ccccc1)NC(=O)c1cc(-c2ccccc2)on1. The van der Waals surface area contributed by atoms with Crippen molar-refractivity contribution in [3.05, 3.63) is 78.0 Å². The maximum atomic E-state index is 12.4. The van der Waals surface area contributed by atoms with Gasteiger partial charge in [0.15, 0.2) is 11.5 Å². The molecule has 0 saturated carbocycles. The molecule has 0 bridgehead atoms. The zero-order valence-corrected chi connectivity index (χ0v) is 13.4. The van der Waals surface area contributed by atoms with Crippen LogP contribution in [0.15, 0.2) is 71.3 Å². The van der Waals surface area contributed by atoms with Crippen molar-refractivity contribution in [1.29, 1.82) is 0 Å². The summed E-state index contributed by atoms with van der Waals surface area (Å²) in [7, 11) is 0. The van der Waals surface area contributed by atoms with Crippen LogP contribution in [0, 0.1) is 0 Å². The van der Waals surface area contributed by atoms with Crippen LogP contribution in [0.2, 0.25) is 0 Å². The molecule has 0 aliphatic rings. The van der Waals surface area contributed by atoms with Crippen LogP contribution in [0.1, 0.15) is 16.1 Å². The molecule has 126 valence electrons. The van der Waals surface area contributed by atoms with Crippen molar-refractivity contribution in [2.75, 3.05) is 0 Å². The van der Waals surface area contributed by atoms with E-state index < -0.39 is 17.9 Å². The topological polar surface area (TPSA) is 98.2 Å². The van der Waals surface area contributed by atoms with Gasteiger partial charge >= 0.3 is 0 Å². The third kappa shape index (κ3) is 4.11. The summed E-state index contributed by atoms with van der Waals surface area (Å²) in [5, 5.41) is 6.38. The molecule has 1 unspecified atom stereocenters. The molecule has 2 amide bonds. The lowest BCUT2D eigenvalue weighted by molar-refractivity contribution is -0.119. The molecule has 25 heavy (non-hydrogen) atoms. The molecule has 3 rings (SSSR count). The summed E-state index contributed by atoms with van der Waals surface area (Å²) >= 11 is 0. The Labute approximate surface area is 144 Å². The summed E-state index contributed by atoms with van der Waals surface area (Å²) in [6.45, 7) is 0. The standard InChI is InChI=1S/C19H17N3O3/c20-18(23)15(11-13-7-3-1-4-8-13)21-19(24)16-12-17(25-22-16)14-9-5-2-6-10-14/h1-10,12,15H,11H2,(H2,20,23)(H,21,24). The van der Waals surface area contributed by atoms with Crippen molar-refractivity contribution >= 4 is 11.8 Å². The van der Waals surface area contributed by atoms with E-state index in [1.54, 1.807) is 0 Å². The Morgan fingerprint density at radius 3 is 2.32 bits per heavy atom. The van der Waals surface area contributed by atoms with Gasteiger partial charge in [-0.3, -0.25) is 9.59 Å². The molecule has 6 heteroatoms. The fourth-order valence-electron chi connectivity index (χ4n) is 2.43. The lowest BCUT2D eigenvalue weighted by Gasteiger charge is -2.14. The van der Waals surface area contributed by atoms with Gasteiger partial charge in [0.25, 0.3) is 5.91 Å². The zero-order valence-electron chi connectivity index (χ0n) is 13.4. The van der Waals surface area contributed by atoms with Crippen molar-refractivity contribution in [3.63, 3.8) is 0 Å². The summed E-state index contributed by atoms with van der Waals surface area (Å²) < 4.78 is 5.21. The van der Waals surface area contributed by atoms with Crippen molar-refractivity contribution < 1.29 is 14.1 Å². The number of rotatable bonds is 6. The zero-order chi connectivity index (χ0) is 17.6. The number of amides is 2. The first-order valence-corrected chi connectivity index (χ1v) is 7.80. The van der Waals surface area contributed by atoms with Gasteiger partial charge in [0.2, 0.25) is 5.91 Å². The Bertz CT molecular complexity index is 860. The minimum absolute atomic E-state index is 0.0955. The highest BCUT2D eigenvalue weighted by Crippen LogP contribution is 2.19. The Hall–Kier alpha value is -3.41. The maximum Gasteiger partial charge on any atom is 0.274 e. The van der Waals surface area contributed by atoms with Crippen LogP contribution in [0.5, 0.6) is 0 Å². The van der Waals surface area contributed by atoms with Gasteiger partial charge in [0.05, 0.1) is 0 Å². The van der Waals surface area contributed by atoms with Crippen LogP contribution in [0.3, 0.4) is 0 Å². The van der Waals surface area contributed by atoms with E-state index in [4.69, 9.17) is 10.3 Å². The number of carbonyl (C=O) groups excluding carboxylic acids is 2. The largest absolute Gasteiger partial charge is 0.368 e. The molecule has 0 fully saturated rings. The summed E-state index contributed by atoms with van der Waals surface area (Å²) in [6, 6.07) is 19.3. The fourth-order valence-corrected chi connectivity index (χ4v) is 2.43. The smallest absolute Gasteiger partial charge is 0.274 e. The number of aromatic nitrogens is 1. The van der Waals surface area contributed by atoms with Crippen molar-refractivity contribution in [2.45, 2.75) is 12.5 Å². The number of hydrogen-bond acceptors (Lipinski definition) is 4. The third-order valence-electron chi connectivity index (χ3n) is 3.73. The fraction of sp³-hybridized carbons (Fsp3) is 0.105. The molecule has 3 N–H and O–H groups in total. The second kappa shape index (κ2) is 7.44. The Morgan fingerprint density at radius 1 is 1.04 bits per heavy atom. The number of hydrogen-bond donors (Lipinski definition) is 2. The predicted molar refractivity (Wildman–Crippen MR) is 92.5 cm³/mol. The molecule has 1 aromatic heterocycles. The van der Waals surface area contributed by atoms with E-state index in [9.17, 15) is 9.59 Å². The van der Waals surface area contributed by atoms with E-state index in [-0.39, 0.29) is 5.69 Å². The predicted octanol–water partition coefficient (Wildman–Crippen LogP) is 2.17. The highest BCUT2D eigenvalue weighted by Gasteiger charge is 2.21. The van der Waals surface area contributed by atoms with E-state index in [0.717, 1.165) is 11.1 Å². The molecule has 0 spiro atoms. The van der Waals surface area contributed by atoms with Gasteiger partial charge in [-0.25, -0.2) is 0 Å². The van der Waals surface area contributed by atoms with Crippen LogP contribution < -0.4 is 11.1 Å². The first-order valence-electron chi connectivity index (χ1n) is 7.80. The molecule has 6 nitrogen and oxygen atoms in total. The van der Waals surface area contributed by atoms with Gasteiger partial charge in [-0.1, -0.05) is 65.8 Å². The second-order valence-electron chi connectivity index (χ2n) is 5.56. The van der Waals surface area contributed by atoms with Gasteiger partial charge < -0.3 is 15.6 Å².